The molecule has 0 fully saturated rings. The first kappa shape index (κ1) is 22.9. The summed E-state index contributed by atoms with van der Waals surface area (Å²) in [5.74, 6) is 1.89. The molecule has 144 valence electrons. The highest BCUT2D eigenvalue weighted by atomic mass is 32.3. The van der Waals surface area contributed by atoms with Gasteiger partial charge in [0.2, 0.25) is 0 Å². The van der Waals surface area contributed by atoms with Gasteiger partial charge in [0.25, 0.3) is 11.6 Å². The lowest BCUT2D eigenvalue weighted by Crippen LogP contribution is -2.33. The molecule has 0 atom stereocenters. The maximum Gasteiger partial charge on any atom is 0.296 e. The second-order valence-corrected chi connectivity index (χ2v) is 6.06. The molecular formula is C14H26N4O6S. The maximum atomic E-state index is 9.16. The van der Waals surface area contributed by atoms with Gasteiger partial charge in [-0.15, -0.1) is 0 Å². The molecule has 0 aliphatic rings. The highest BCUT2D eigenvalue weighted by molar-refractivity contribution is 7.79. The number of nitrogens with zero attached hydrogens (tertiary/aromatic N) is 4. The minimum Gasteiger partial charge on any atom is -0.759 e. The molecule has 0 bridgehead atoms. The highest BCUT2D eigenvalue weighted by Crippen LogP contribution is 1.95. The quantitative estimate of drug-likeness (QED) is 0.323. The summed E-state index contributed by atoms with van der Waals surface area (Å²) in [4.78, 5) is 0. The molecule has 2 aromatic rings. The molecule has 0 saturated carbocycles. The van der Waals surface area contributed by atoms with Gasteiger partial charge in [0.05, 0.1) is 26.9 Å². The third-order valence-electron chi connectivity index (χ3n) is 3.15. The second-order valence-electron chi connectivity index (χ2n) is 5.25. The Bertz CT molecular complexity index is 643. The van der Waals surface area contributed by atoms with Crippen LogP contribution in [0.1, 0.15) is 38.3 Å². The van der Waals surface area contributed by atoms with Crippen molar-refractivity contribution in [3.8, 4) is 0 Å². The monoisotopic (exact) mass is 378 g/mol. The van der Waals surface area contributed by atoms with Crippen molar-refractivity contribution >= 4 is 10.4 Å². The van der Waals surface area contributed by atoms with Crippen molar-refractivity contribution in [3.05, 3.63) is 36.4 Å². The van der Waals surface area contributed by atoms with E-state index >= 15 is 0 Å². The molecule has 0 aliphatic carbocycles. The van der Waals surface area contributed by atoms with Crippen LogP contribution >= 0.6 is 0 Å². The van der Waals surface area contributed by atoms with Gasteiger partial charge in [-0.1, -0.05) is 23.3 Å². The number of hydrogen-bond donors (Lipinski definition) is 2. The Balaban J connectivity index is 0.000000368. The minimum atomic E-state index is -5.17. The first-order valence-corrected chi connectivity index (χ1v) is 9.01. The van der Waals surface area contributed by atoms with E-state index in [4.69, 9.17) is 27.9 Å². The molecule has 11 heteroatoms. The smallest absolute Gasteiger partial charge is 0.296 e. The van der Waals surface area contributed by atoms with Crippen LogP contribution in [0.3, 0.4) is 0 Å². The molecule has 10 nitrogen and oxygen atoms in total. The predicted octanol–water partition coefficient (Wildman–Crippen LogP) is -0.333. The summed E-state index contributed by atoms with van der Waals surface area (Å²) < 4.78 is 40.3. The fourth-order valence-corrected chi connectivity index (χ4v) is 2.02. The van der Waals surface area contributed by atoms with E-state index in [1.54, 1.807) is 12.4 Å². The van der Waals surface area contributed by atoms with Crippen molar-refractivity contribution < 1.29 is 37.4 Å². The lowest BCUT2D eigenvalue weighted by atomic mass is 10.3. The lowest BCUT2D eigenvalue weighted by Gasteiger charge is -2.06. The van der Waals surface area contributed by atoms with Crippen LogP contribution in [0.25, 0.3) is 0 Å². The first-order valence-electron chi connectivity index (χ1n) is 7.68. The van der Waals surface area contributed by atoms with Gasteiger partial charge in [-0.05, 0) is 12.8 Å². The van der Waals surface area contributed by atoms with E-state index in [1.165, 1.54) is 9.46 Å². The van der Waals surface area contributed by atoms with Crippen LogP contribution in [0.15, 0.2) is 24.8 Å². The molecule has 0 aliphatic heterocycles. The maximum absolute atomic E-state index is 9.16. The van der Waals surface area contributed by atoms with Crippen molar-refractivity contribution in [1.82, 2.24) is 9.13 Å². The van der Waals surface area contributed by atoms with Gasteiger partial charge in [-0.2, -0.15) is 0 Å². The molecule has 0 unspecified atom stereocenters. The Labute approximate surface area is 147 Å². The summed E-state index contributed by atoms with van der Waals surface area (Å²) in [6.45, 7) is 4.18. The number of hydrogen-bond acceptors (Lipinski definition) is 6. The van der Waals surface area contributed by atoms with Gasteiger partial charge in [0.15, 0.2) is 12.4 Å². The summed E-state index contributed by atoms with van der Waals surface area (Å²) in [5.41, 5.74) is 0. The van der Waals surface area contributed by atoms with Crippen LogP contribution < -0.4 is 9.46 Å². The Hall–Kier alpha value is -2.11. The van der Waals surface area contributed by atoms with Crippen molar-refractivity contribution in [1.29, 1.82) is 0 Å². The number of imidazole rings is 2. The molecule has 0 saturated heterocycles. The second kappa shape index (κ2) is 10.7. The SMILES string of the molecule is CCCc1n(C)cc[n+]1O.CCCc1n(C)cc[n+]1O.O=S(=O)([O-])[O-]. The van der Waals surface area contributed by atoms with Gasteiger partial charge in [0.1, 0.15) is 12.4 Å². The summed E-state index contributed by atoms with van der Waals surface area (Å²) in [5, 5.41) is 18.3. The zero-order valence-electron chi connectivity index (χ0n) is 14.9. The van der Waals surface area contributed by atoms with Crippen LogP contribution in [-0.4, -0.2) is 37.1 Å². The standard InChI is InChI=1S/2C7H13N2O.H2O4S/c2*1-3-4-7-8(2)5-6-9(7)10;1-5(2,3)4/h2*5-6,10H,3-4H2,1-2H3;(H2,1,2,3,4)/q2*+1;/p-2. The topological polar surface area (TPSA) is 138 Å². The largest absolute Gasteiger partial charge is 0.759 e. The fourth-order valence-electron chi connectivity index (χ4n) is 2.02. The van der Waals surface area contributed by atoms with E-state index in [0.717, 1.165) is 37.3 Å². The lowest BCUT2D eigenvalue weighted by molar-refractivity contribution is -0.909. The van der Waals surface area contributed by atoms with Crippen molar-refractivity contribution in [3.63, 3.8) is 0 Å². The summed E-state index contributed by atoms with van der Waals surface area (Å²) in [6, 6.07) is 0. The zero-order chi connectivity index (χ0) is 19.6. The minimum absolute atomic E-state index is 0.917. The Morgan fingerprint density at radius 1 is 0.920 bits per heavy atom. The fraction of sp³-hybridized carbons (Fsp3) is 0.571. The summed E-state index contributed by atoms with van der Waals surface area (Å²) >= 11 is 0. The Kier molecular flexibility index (Phi) is 9.79. The average molecular weight is 378 g/mol. The molecule has 2 rings (SSSR count). The molecule has 0 radical (unpaired) electrons. The van der Waals surface area contributed by atoms with E-state index in [1.807, 2.05) is 35.6 Å². The van der Waals surface area contributed by atoms with E-state index in [2.05, 4.69) is 13.8 Å². The molecule has 2 aromatic heterocycles. The van der Waals surface area contributed by atoms with Gasteiger partial charge in [-0.3, -0.25) is 8.42 Å². The summed E-state index contributed by atoms with van der Waals surface area (Å²) in [6.07, 6.45) is 10.9. The number of aromatic nitrogens is 4. The van der Waals surface area contributed by atoms with Gasteiger partial charge >= 0.3 is 0 Å². The van der Waals surface area contributed by atoms with Crippen LogP contribution in [-0.2, 0) is 37.3 Å². The zero-order valence-corrected chi connectivity index (χ0v) is 15.7. The molecule has 2 heterocycles. The molecule has 2 N–H and O–H groups in total. The molecule has 0 amide bonds. The van der Waals surface area contributed by atoms with E-state index in [-0.39, 0.29) is 0 Å². The third kappa shape index (κ3) is 9.69. The van der Waals surface area contributed by atoms with Crippen LogP contribution in [0.2, 0.25) is 0 Å². The molecule has 25 heavy (non-hydrogen) atoms. The third-order valence-corrected chi connectivity index (χ3v) is 3.15. The molecule has 0 aromatic carbocycles. The Morgan fingerprint density at radius 2 is 1.20 bits per heavy atom. The van der Waals surface area contributed by atoms with E-state index in [9.17, 15) is 0 Å². The van der Waals surface area contributed by atoms with Gasteiger partial charge in [0, 0.05) is 10.4 Å². The molecular weight excluding hydrogens is 352 g/mol. The van der Waals surface area contributed by atoms with Crippen LogP contribution in [0, 0.1) is 0 Å². The van der Waals surface area contributed by atoms with Crippen molar-refractivity contribution in [2.24, 2.45) is 14.1 Å². The predicted molar refractivity (Wildman–Crippen MR) is 84.0 cm³/mol. The summed E-state index contributed by atoms with van der Waals surface area (Å²) in [7, 11) is -1.31. The average Bonchev–Trinajstić information content (AvgIpc) is 2.97. The number of rotatable bonds is 4. The highest BCUT2D eigenvalue weighted by Gasteiger charge is 2.11. The molecule has 0 spiro atoms. The van der Waals surface area contributed by atoms with Crippen molar-refractivity contribution in [2.75, 3.05) is 0 Å². The van der Waals surface area contributed by atoms with Crippen molar-refractivity contribution in [2.45, 2.75) is 39.5 Å². The van der Waals surface area contributed by atoms with Crippen LogP contribution in [0.5, 0.6) is 0 Å². The van der Waals surface area contributed by atoms with E-state index in [0.29, 0.717) is 0 Å². The van der Waals surface area contributed by atoms with Gasteiger partial charge < -0.3 is 19.5 Å². The van der Waals surface area contributed by atoms with E-state index < -0.39 is 10.4 Å². The Morgan fingerprint density at radius 3 is 1.36 bits per heavy atom. The normalized spacial score (nSPS) is 10.5. The van der Waals surface area contributed by atoms with Gasteiger partial charge in [-0.25, -0.2) is 9.13 Å². The first-order chi connectivity index (χ1) is 11.5. The number of aryl methyl sites for hydroxylation is 2. The van der Waals surface area contributed by atoms with Crippen LogP contribution in [0.4, 0.5) is 0 Å².